The molecule has 0 unspecified atom stereocenters. The van der Waals surface area contributed by atoms with Gasteiger partial charge >= 0.3 is 0 Å². The maximum absolute atomic E-state index is 5.04. The van der Waals surface area contributed by atoms with Gasteiger partial charge in [-0.25, -0.2) is 0 Å². The van der Waals surface area contributed by atoms with Gasteiger partial charge in [-0.15, -0.1) is 24.0 Å². The summed E-state index contributed by atoms with van der Waals surface area (Å²) in [6, 6.07) is 0. The van der Waals surface area contributed by atoms with E-state index in [9.17, 15) is 0 Å². The number of rotatable bonds is 8. The first-order valence-corrected chi connectivity index (χ1v) is 6.49. The molecule has 0 saturated carbocycles. The third-order valence-electron chi connectivity index (χ3n) is 2.47. The van der Waals surface area contributed by atoms with Crippen LogP contribution in [0.1, 0.15) is 24.6 Å². The van der Waals surface area contributed by atoms with E-state index in [0.29, 0.717) is 11.7 Å². The lowest BCUT2D eigenvalue weighted by Crippen LogP contribution is -2.38. The number of nitrogens with zero attached hydrogens (tertiary/aromatic N) is 3. The molecule has 0 radical (unpaired) electrons. The van der Waals surface area contributed by atoms with Gasteiger partial charge in [-0.2, -0.15) is 4.98 Å². The van der Waals surface area contributed by atoms with Gasteiger partial charge in [0.15, 0.2) is 11.8 Å². The van der Waals surface area contributed by atoms with Crippen LogP contribution in [-0.2, 0) is 11.2 Å². The smallest absolute Gasteiger partial charge is 0.226 e. The van der Waals surface area contributed by atoms with Gasteiger partial charge in [0.1, 0.15) is 0 Å². The Morgan fingerprint density at radius 2 is 2.00 bits per heavy atom. The van der Waals surface area contributed by atoms with Gasteiger partial charge in [0.05, 0.1) is 0 Å². The van der Waals surface area contributed by atoms with Crippen molar-refractivity contribution in [2.45, 2.75) is 26.2 Å². The van der Waals surface area contributed by atoms with Gasteiger partial charge in [-0.3, -0.25) is 4.99 Å². The average molecular weight is 397 g/mol. The normalized spacial score (nSPS) is 11.1. The number of nitrogens with one attached hydrogen (secondary N) is 2. The number of methoxy groups -OCH3 is 1. The maximum Gasteiger partial charge on any atom is 0.226 e. The van der Waals surface area contributed by atoms with E-state index in [1.807, 2.05) is 6.92 Å². The maximum atomic E-state index is 5.04. The van der Waals surface area contributed by atoms with E-state index in [0.717, 1.165) is 44.9 Å². The Balaban J connectivity index is 0.00000361. The minimum atomic E-state index is 0. The molecule has 0 saturated heterocycles. The van der Waals surface area contributed by atoms with Crippen molar-refractivity contribution in [2.24, 2.45) is 4.99 Å². The topological polar surface area (TPSA) is 84.6 Å². The molecule has 116 valence electrons. The Kier molecular flexibility index (Phi) is 11.4. The summed E-state index contributed by atoms with van der Waals surface area (Å²) in [6.07, 6.45) is 2.65. The van der Waals surface area contributed by atoms with Crippen molar-refractivity contribution in [2.75, 3.05) is 33.9 Å². The highest BCUT2D eigenvalue weighted by atomic mass is 127. The van der Waals surface area contributed by atoms with Crippen LogP contribution in [0.2, 0.25) is 0 Å². The van der Waals surface area contributed by atoms with Gasteiger partial charge in [-0.1, -0.05) is 5.16 Å². The van der Waals surface area contributed by atoms with Crippen LogP contribution >= 0.6 is 24.0 Å². The Morgan fingerprint density at radius 3 is 2.55 bits per heavy atom. The zero-order valence-corrected chi connectivity index (χ0v) is 14.6. The van der Waals surface area contributed by atoms with Crippen molar-refractivity contribution in [3.63, 3.8) is 0 Å². The summed E-state index contributed by atoms with van der Waals surface area (Å²) in [6.45, 7) is 4.22. The van der Waals surface area contributed by atoms with E-state index in [1.165, 1.54) is 0 Å². The number of guanidine groups is 1. The molecule has 0 aromatic carbocycles. The molecule has 1 aromatic heterocycles. The number of ether oxygens (including phenoxy) is 1. The third-order valence-corrected chi connectivity index (χ3v) is 2.47. The molecule has 0 bridgehead atoms. The lowest BCUT2D eigenvalue weighted by Gasteiger charge is -2.10. The van der Waals surface area contributed by atoms with E-state index in [4.69, 9.17) is 9.26 Å². The van der Waals surface area contributed by atoms with Crippen LogP contribution in [0.3, 0.4) is 0 Å². The number of hydrogen-bond acceptors (Lipinski definition) is 5. The number of hydrogen-bond donors (Lipinski definition) is 2. The predicted molar refractivity (Wildman–Crippen MR) is 88.6 cm³/mol. The van der Waals surface area contributed by atoms with Gasteiger partial charge < -0.3 is 19.9 Å². The molecule has 0 aliphatic carbocycles. The van der Waals surface area contributed by atoms with Crippen molar-refractivity contribution < 1.29 is 9.26 Å². The Hall–Kier alpha value is -0.900. The molecular weight excluding hydrogens is 373 g/mol. The number of aromatic nitrogens is 2. The molecule has 20 heavy (non-hydrogen) atoms. The minimum absolute atomic E-state index is 0. The summed E-state index contributed by atoms with van der Waals surface area (Å²) in [4.78, 5) is 8.29. The second-order valence-electron chi connectivity index (χ2n) is 4.11. The van der Waals surface area contributed by atoms with Crippen molar-refractivity contribution in [3.05, 3.63) is 11.7 Å². The fourth-order valence-corrected chi connectivity index (χ4v) is 1.53. The van der Waals surface area contributed by atoms with Crippen molar-refractivity contribution >= 4 is 29.9 Å². The molecule has 0 aliphatic rings. The lowest BCUT2D eigenvalue weighted by atomic mass is 10.3. The molecule has 0 spiro atoms. The monoisotopic (exact) mass is 397 g/mol. The highest BCUT2D eigenvalue weighted by Gasteiger charge is 2.02. The van der Waals surface area contributed by atoms with Crippen LogP contribution in [0.5, 0.6) is 0 Å². The van der Waals surface area contributed by atoms with Crippen molar-refractivity contribution in [1.82, 2.24) is 20.8 Å². The van der Waals surface area contributed by atoms with E-state index in [1.54, 1.807) is 14.2 Å². The van der Waals surface area contributed by atoms with Crippen molar-refractivity contribution in [3.8, 4) is 0 Å². The van der Waals surface area contributed by atoms with E-state index < -0.39 is 0 Å². The molecule has 1 rings (SSSR count). The van der Waals surface area contributed by atoms with Crippen LogP contribution in [0.25, 0.3) is 0 Å². The zero-order chi connectivity index (χ0) is 13.9. The third kappa shape index (κ3) is 8.31. The van der Waals surface area contributed by atoms with Crippen LogP contribution in [0, 0.1) is 6.92 Å². The number of aryl methyl sites for hydroxylation is 2. The largest absolute Gasteiger partial charge is 0.385 e. The Bertz CT molecular complexity index is 384. The molecule has 0 fully saturated rings. The first-order valence-electron chi connectivity index (χ1n) is 6.49. The summed E-state index contributed by atoms with van der Waals surface area (Å²) in [5.41, 5.74) is 0. The predicted octanol–water partition coefficient (Wildman–Crippen LogP) is 1.13. The summed E-state index contributed by atoms with van der Waals surface area (Å²) >= 11 is 0. The molecule has 0 aliphatic heterocycles. The van der Waals surface area contributed by atoms with E-state index in [-0.39, 0.29) is 24.0 Å². The molecule has 2 N–H and O–H groups in total. The van der Waals surface area contributed by atoms with Gasteiger partial charge in [0, 0.05) is 40.3 Å². The molecule has 7 nitrogen and oxygen atoms in total. The average Bonchev–Trinajstić information content (AvgIpc) is 2.82. The van der Waals surface area contributed by atoms with Crippen LogP contribution in [0.15, 0.2) is 9.52 Å². The molecular formula is C12H24IN5O2. The summed E-state index contributed by atoms with van der Waals surface area (Å²) in [5.74, 6) is 2.17. The minimum Gasteiger partial charge on any atom is -0.385 e. The number of halogens is 1. The Morgan fingerprint density at radius 1 is 1.30 bits per heavy atom. The quantitative estimate of drug-likeness (QED) is 0.296. The first-order chi connectivity index (χ1) is 9.26. The number of aliphatic imine (C=N–C) groups is 1. The van der Waals surface area contributed by atoms with E-state index >= 15 is 0 Å². The van der Waals surface area contributed by atoms with Crippen LogP contribution in [-0.4, -0.2) is 50.0 Å². The second kappa shape index (κ2) is 11.9. The SMILES string of the molecule is CN=C(NCCCOC)NCCCc1nc(C)no1.I. The summed E-state index contributed by atoms with van der Waals surface area (Å²) < 4.78 is 10.0. The molecule has 0 atom stereocenters. The molecule has 1 heterocycles. The summed E-state index contributed by atoms with van der Waals surface area (Å²) in [7, 11) is 3.46. The molecule has 1 aromatic rings. The van der Waals surface area contributed by atoms with Gasteiger partial charge in [0.2, 0.25) is 5.89 Å². The first kappa shape index (κ1) is 19.1. The van der Waals surface area contributed by atoms with Gasteiger partial charge in [-0.05, 0) is 19.8 Å². The molecule has 8 heteroatoms. The fourth-order valence-electron chi connectivity index (χ4n) is 1.53. The van der Waals surface area contributed by atoms with E-state index in [2.05, 4.69) is 25.8 Å². The molecule has 0 amide bonds. The van der Waals surface area contributed by atoms with Crippen molar-refractivity contribution in [1.29, 1.82) is 0 Å². The highest BCUT2D eigenvalue weighted by molar-refractivity contribution is 14.0. The van der Waals surface area contributed by atoms with Crippen LogP contribution in [0.4, 0.5) is 0 Å². The zero-order valence-electron chi connectivity index (χ0n) is 12.3. The van der Waals surface area contributed by atoms with Gasteiger partial charge in [0.25, 0.3) is 0 Å². The van der Waals surface area contributed by atoms with Crippen LogP contribution < -0.4 is 10.6 Å². The fraction of sp³-hybridized carbons (Fsp3) is 0.750. The lowest BCUT2D eigenvalue weighted by molar-refractivity contribution is 0.195. The Labute approximate surface area is 137 Å². The second-order valence-corrected chi connectivity index (χ2v) is 4.11. The highest BCUT2D eigenvalue weighted by Crippen LogP contribution is 1.98. The standard InChI is InChI=1S/C12H23N5O2.HI/c1-10-16-11(19-17-10)6-4-7-14-12(13-2)15-8-5-9-18-3;/h4-9H2,1-3H3,(H2,13,14,15);1H. The summed E-state index contributed by atoms with van der Waals surface area (Å²) in [5, 5.41) is 10.2.